The summed E-state index contributed by atoms with van der Waals surface area (Å²) in [4.78, 5) is 15.1. The van der Waals surface area contributed by atoms with Crippen LogP contribution in [0, 0.1) is 13.8 Å². The van der Waals surface area contributed by atoms with Gasteiger partial charge in [-0.05, 0) is 37.5 Å². The fourth-order valence-electron chi connectivity index (χ4n) is 4.17. The summed E-state index contributed by atoms with van der Waals surface area (Å²) in [6, 6.07) is 16.9. The first-order valence-electron chi connectivity index (χ1n) is 10.3. The lowest BCUT2D eigenvalue weighted by Crippen LogP contribution is -2.60. The first-order chi connectivity index (χ1) is 13.0. The zero-order valence-corrected chi connectivity index (χ0v) is 17.1. The highest BCUT2D eigenvalue weighted by Gasteiger charge is 2.34. The molecule has 1 aliphatic heterocycles. The summed E-state index contributed by atoms with van der Waals surface area (Å²) in [6.07, 6.45) is 2.47. The van der Waals surface area contributed by atoms with E-state index in [0.717, 1.165) is 48.3 Å². The van der Waals surface area contributed by atoms with Crippen LogP contribution in [-0.4, -0.2) is 48.0 Å². The van der Waals surface area contributed by atoms with Crippen molar-refractivity contribution in [3.05, 3.63) is 70.8 Å². The van der Waals surface area contributed by atoms with E-state index in [1.165, 1.54) is 30.5 Å². The molecule has 0 aromatic heterocycles. The van der Waals surface area contributed by atoms with E-state index >= 15 is 0 Å². The van der Waals surface area contributed by atoms with E-state index in [4.69, 9.17) is 0 Å². The van der Waals surface area contributed by atoms with Gasteiger partial charge in [-0.3, -0.25) is 4.79 Å². The monoisotopic (exact) mass is 365 g/mol. The average molecular weight is 366 g/mol. The zero-order valence-electron chi connectivity index (χ0n) is 17.1. The second kappa shape index (κ2) is 8.71. The van der Waals surface area contributed by atoms with Crippen molar-refractivity contribution in [3.63, 3.8) is 0 Å². The first kappa shape index (κ1) is 19.6. The van der Waals surface area contributed by atoms with Gasteiger partial charge in [-0.15, -0.1) is 0 Å². The van der Waals surface area contributed by atoms with Crippen LogP contribution in [0.2, 0.25) is 0 Å². The van der Waals surface area contributed by atoms with Crippen LogP contribution in [0.5, 0.6) is 0 Å². The third-order valence-corrected chi connectivity index (χ3v) is 6.16. The molecule has 2 aromatic carbocycles. The van der Waals surface area contributed by atoms with Crippen molar-refractivity contribution in [1.82, 2.24) is 4.90 Å². The summed E-state index contributed by atoms with van der Waals surface area (Å²) in [5.41, 5.74) is 4.58. The number of hydrogen-bond donors (Lipinski definition) is 0. The number of aryl methyl sites for hydroxylation is 1. The Hall–Kier alpha value is -2.13. The van der Waals surface area contributed by atoms with Gasteiger partial charge in [-0.2, -0.15) is 0 Å². The van der Waals surface area contributed by atoms with Gasteiger partial charge in [0.1, 0.15) is 6.54 Å². The Bertz CT molecular complexity index is 761. The molecule has 1 fully saturated rings. The number of hydrogen-bond acceptors (Lipinski definition) is 1. The predicted molar refractivity (Wildman–Crippen MR) is 112 cm³/mol. The number of rotatable bonds is 6. The fourth-order valence-corrected chi connectivity index (χ4v) is 4.17. The molecule has 1 amide bonds. The van der Waals surface area contributed by atoms with Crippen molar-refractivity contribution < 1.29 is 9.28 Å². The van der Waals surface area contributed by atoms with E-state index in [1.54, 1.807) is 0 Å². The second-order valence-electron chi connectivity index (χ2n) is 8.05. The van der Waals surface area contributed by atoms with Crippen molar-refractivity contribution in [1.29, 1.82) is 0 Å². The standard InChI is InChI=1S/C24H33N2O/c1-4-5-16-26(19-22-11-7-6-8-12-22)17-14-25(15-18-26)24(27)23-13-9-10-20(2)21(23)3/h6-13H,4-5,14-19H2,1-3H3/q+1. The number of quaternary nitrogens is 1. The van der Waals surface area contributed by atoms with E-state index in [1.807, 2.05) is 12.1 Å². The van der Waals surface area contributed by atoms with Crippen molar-refractivity contribution in [3.8, 4) is 0 Å². The predicted octanol–water partition coefficient (Wildman–Crippen LogP) is 4.58. The van der Waals surface area contributed by atoms with Gasteiger partial charge in [-0.25, -0.2) is 0 Å². The Morgan fingerprint density at radius 3 is 2.37 bits per heavy atom. The molecule has 0 atom stereocenters. The van der Waals surface area contributed by atoms with Crippen molar-refractivity contribution >= 4 is 5.91 Å². The molecular weight excluding hydrogens is 332 g/mol. The molecule has 1 aliphatic rings. The quantitative estimate of drug-likeness (QED) is 0.686. The van der Waals surface area contributed by atoms with Gasteiger partial charge in [0.2, 0.25) is 0 Å². The number of nitrogens with zero attached hydrogens (tertiary/aromatic N) is 2. The van der Waals surface area contributed by atoms with Crippen molar-refractivity contribution in [2.75, 3.05) is 32.7 Å². The van der Waals surface area contributed by atoms with Crippen LogP contribution in [0.4, 0.5) is 0 Å². The SMILES string of the molecule is CCCC[N+]1(Cc2ccccc2)CCN(C(=O)c2cccc(C)c2C)CC1. The molecule has 0 bridgehead atoms. The highest BCUT2D eigenvalue weighted by molar-refractivity contribution is 5.96. The number of benzene rings is 2. The molecule has 0 saturated carbocycles. The van der Waals surface area contributed by atoms with Crippen molar-refractivity contribution in [2.24, 2.45) is 0 Å². The molecule has 0 radical (unpaired) electrons. The lowest BCUT2D eigenvalue weighted by molar-refractivity contribution is -0.944. The van der Waals surface area contributed by atoms with Gasteiger partial charge in [-0.1, -0.05) is 55.8 Å². The molecule has 0 aliphatic carbocycles. The average Bonchev–Trinajstić information content (AvgIpc) is 2.69. The topological polar surface area (TPSA) is 20.3 Å². The smallest absolute Gasteiger partial charge is 0.254 e. The van der Waals surface area contributed by atoms with Crippen LogP contribution in [0.25, 0.3) is 0 Å². The highest BCUT2D eigenvalue weighted by atomic mass is 16.2. The number of carbonyl (C=O) groups excluding carboxylic acids is 1. The summed E-state index contributed by atoms with van der Waals surface area (Å²) in [5.74, 6) is 0.198. The molecule has 0 spiro atoms. The van der Waals surface area contributed by atoms with E-state index in [2.05, 4.69) is 62.1 Å². The molecular formula is C24H33N2O+. The van der Waals surface area contributed by atoms with Gasteiger partial charge in [0.05, 0.1) is 32.7 Å². The van der Waals surface area contributed by atoms with Gasteiger partial charge in [0.25, 0.3) is 5.91 Å². The summed E-state index contributed by atoms with van der Waals surface area (Å²) in [5, 5.41) is 0. The van der Waals surface area contributed by atoms with E-state index in [-0.39, 0.29) is 5.91 Å². The molecule has 1 heterocycles. The van der Waals surface area contributed by atoms with E-state index in [0.29, 0.717) is 0 Å². The summed E-state index contributed by atoms with van der Waals surface area (Å²) < 4.78 is 1.11. The van der Waals surface area contributed by atoms with E-state index < -0.39 is 0 Å². The number of piperazine rings is 1. The summed E-state index contributed by atoms with van der Waals surface area (Å²) in [6.45, 7) is 12.5. The minimum Gasteiger partial charge on any atom is -0.327 e. The minimum atomic E-state index is 0.198. The molecule has 1 saturated heterocycles. The maximum absolute atomic E-state index is 13.1. The lowest BCUT2D eigenvalue weighted by Gasteiger charge is -2.45. The normalized spacial score (nSPS) is 16.3. The fraction of sp³-hybridized carbons (Fsp3) is 0.458. The maximum Gasteiger partial charge on any atom is 0.254 e. The van der Waals surface area contributed by atoms with Gasteiger partial charge in [0.15, 0.2) is 0 Å². The zero-order chi connectivity index (χ0) is 19.3. The van der Waals surface area contributed by atoms with Crippen LogP contribution >= 0.6 is 0 Å². The Balaban J connectivity index is 1.71. The minimum absolute atomic E-state index is 0.198. The van der Waals surface area contributed by atoms with E-state index in [9.17, 15) is 4.79 Å². The Morgan fingerprint density at radius 1 is 1.00 bits per heavy atom. The van der Waals surface area contributed by atoms with Crippen LogP contribution in [-0.2, 0) is 6.54 Å². The van der Waals surface area contributed by atoms with Gasteiger partial charge >= 0.3 is 0 Å². The first-order valence-corrected chi connectivity index (χ1v) is 10.3. The lowest BCUT2D eigenvalue weighted by atomic mass is 10.0. The molecule has 3 heteroatoms. The highest BCUT2D eigenvalue weighted by Crippen LogP contribution is 2.22. The van der Waals surface area contributed by atoms with Gasteiger partial charge < -0.3 is 9.38 Å². The summed E-state index contributed by atoms with van der Waals surface area (Å²) in [7, 11) is 0. The molecule has 27 heavy (non-hydrogen) atoms. The Morgan fingerprint density at radius 2 is 1.70 bits per heavy atom. The number of carbonyl (C=O) groups is 1. The van der Waals surface area contributed by atoms with Crippen LogP contribution in [0.3, 0.4) is 0 Å². The molecule has 3 rings (SSSR count). The van der Waals surface area contributed by atoms with Crippen LogP contribution in [0.15, 0.2) is 48.5 Å². The molecule has 144 valence electrons. The molecule has 0 N–H and O–H groups in total. The third-order valence-electron chi connectivity index (χ3n) is 6.16. The molecule has 2 aromatic rings. The maximum atomic E-state index is 13.1. The Labute approximate surface area is 164 Å². The Kier molecular flexibility index (Phi) is 6.33. The second-order valence-corrected chi connectivity index (χ2v) is 8.05. The van der Waals surface area contributed by atoms with Crippen LogP contribution in [0.1, 0.15) is 46.8 Å². The summed E-state index contributed by atoms with van der Waals surface area (Å²) >= 11 is 0. The molecule has 0 unspecified atom stereocenters. The molecule has 3 nitrogen and oxygen atoms in total. The largest absolute Gasteiger partial charge is 0.327 e. The van der Waals surface area contributed by atoms with Crippen molar-refractivity contribution in [2.45, 2.75) is 40.2 Å². The van der Waals surface area contributed by atoms with Gasteiger partial charge in [0, 0.05) is 11.1 Å². The number of amides is 1. The van der Waals surface area contributed by atoms with Crippen LogP contribution < -0.4 is 0 Å². The third kappa shape index (κ3) is 4.59. The number of unbranched alkanes of at least 4 members (excludes halogenated alkanes) is 1.